The minimum atomic E-state index is -0.808. The lowest BCUT2D eigenvalue weighted by molar-refractivity contribution is 0.0996. The summed E-state index contributed by atoms with van der Waals surface area (Å²) in [5.41, 5.74) is 6.21. The van der Waals surface area contributed by atoms with Gasteiger partial charge in [0.25, 0.3) is 5.91 Å². The molecule has 0 saturated heterocycles. The predicted octanol–water partition coefficient (Wildman–Crippen LogP) is 2.41. The molecule has 1 aliphatic heterocycles. The van der Waals surface area contributed by atoms with Crippen LogP contribution in [0, 0.1) is 17.1 Å². The number of hydrogen-bond donors (Lipinski definition) is 2. The number of rotatable bonds is 3. The molecule has 4 rings (SSSR count). The van der Waals surface area contributed by atoms with Crippen LogP contribution in [0.25, 0.3) is 11.3 Å². The Balaban J connectivity index is 1.65. The van der Waals surface area contributed by atoms with E-state index in [9.17, 15) is 19.2 Å². The molecule has 3 amide bonds. The van der Waals surface area contributed by atoms with Gasteiger partial charge in [-0.2, -0.15) is 10.4 Å². The van der Waals surface area contributed by atoms with Crippen LogP contribution in [0.5, 0.6) is 0 Å². The molecule has 1 aliphatic carbocycles. The van der Waals surface area contributed by atoms with E-state index in [4.69, 9.17) is 17.3 Å². The highest BCUT2D eigenvalue weighted by Gasteiger charge is 2.40. The highest BCUT2D eigenvalue weighted by atomic mass is 35.5. The molecule has 0 spiro atoms. The average molecular weight is 417 g/mol. The van der Waals surface area contributed by atoms with Gasteiger partial charge in [-0.3, -0.25) is 9.48 Å². The molecule has 0 bridgehead atoms. The molecule has 0 unspecified atom stereocenters. The van der Waals surface area contributed by atoms with E-state index in [1.54, 1.807) is 4.68 Å². The number of nitrogens with one attached hydrogen (secondary N) is 1. The van der Waals surface area contributed by atoms with Crippen molar-refractivity contribution in [1.29, 1.82) is 5.26 Å². The molecule has 29 heavy (non-hydrogen) atoms. The van der Waals surface area contributed by atoms with E-state index in [2.05, 4.69) is 16.5 Å². The summed E-state index contributed by atoms with van der Waals surface area (Å²) < 4.78 is 15.1. The number of primary amides is 1. The van der Waals surface area contributed by atoms with Crippen molar-refractivity contribution in [1.82, 2.24) is 20.0 Å². The van der Waals surface area contributed by atoms with Gasteiger partial charge in [0.15, 0.2) is 0 Å². The van der Waals surface area contributed by atoms with Crippen molar-refractivity contribution >= 4 is 23.5 Å². The molecule has 150 valence electrons. The van der Waals surface area contributed by atoms with Gasteiger partial charge in [-0.25, -0.2) is 9.18 Å². The van der Waals surface area contributed by atoms with Crippen molar-refractivity contribution in [2.75, 3.05) is 6.54 Å². The predicted molar refractivity (Wildman–Crippen MR) is 102 cm³/mol. The second-order valence-corrected chi connectivity index (χ2v) is 7.69. The Bertz CT molecular complexity index is 1060. The molecule has 8 nitrogen and oxygen atoms in total. The first-order valence-corrected chi connectivity index (χ1v) is 9.54. The summed E-state index contributed by atoms with van der Waals surface area (Å²) in [6.45, 7) is 0.842. The highest BCUT2D eigenvalue weighted by Crippen LogP contribution is 2.33. The van der Waals surface area contributed by atoms with Crippen molar-refractivity contribution in [2.45, 2.75) is 37.9 Å². The molecule has 10 heteroatoms. The monoisotopic (exact) mass is 416 g/mol. The fourth-order valence-electron chi connectivity index (χ4n) is 3.67. The fraction of sp³-hybridized carbons (Fsp3) is 0.368. The van der Waals surface area contributed by atoms with Gasteiger partial charge in [-0.15, -0.1) is 0 Å². The molecular formula is C19H18ClFN6O2. The maximum Gasteiger partial charge on any atom is 0.319 e. The zero-order chi connectivity index (χ0) is 20.8. The van der Waals surface area contributed by atoms with Gasteiger partial charge in [-0.1, -0.05) is 11.6 Å². The van der Waals surface area contributed by atoms with Crippen LogP contribution in [-0.4, -0.2) is 38.7 Å². The van der Waals surface area contributed by atoms with Crippen LogP contribution < -0.4 is 11.1 Å². The van der Waals surface area contributed by atoms with Gasteiger partial charge in [0.05, 0.1) is 35.4 Å². The first-order chi connectivity index (χ1) is 13.8. The molecule has 1 aromatic heterocycles. The highest BCUT2D eigenvalue weighted by molar-refractivity contribution is 6.31. The van der Waals surface area contributed by atoms with Crippen LogP contribution in [0.2, 0.25) is 5.02 Å². The zero-order valence-corrected chi connectivity index (χ0v) is 16.2. The first kappa shape index (κ1) is 19.2. The lowest BCUT2D eigenvalue weighted by Crippen LogP contribution is -2.57. The van der Waals surface area contributed by atoms with E-state index in [0.717, 1.165) is 6.42 Å². The van der Waals surface area contributed by atoms with Crippen LogP contribution in [-0.2, 0) is 13.1 Å². The number of nitrogens with two attached hydrogens (primary N) is 1. The smallest absolute Gasteiger partial charge is 0.319 e. The normalized spacial score (nSPS) is 17.1. The van der Waals surface area contributed by atoms with Crippen LogP contribution in [0.15, 0.2) is 18.2 Å². The Kier molecular flexibility index (Phi) is 4.67. The van der Waals surface area contributed by atoms with E-state index in [1.807, 2.05) is 0 Å². The van der Waals surface area contributed by atoms with Crippen molar-refractivity contribution in [3.05, 3.63) is 40.3 Å². The quantitative estimate of drug-likeness (QED) is 0.798. The molecule has 2 aliphatic rings. The SMILES string of the molecule is N#CC1(NC(=O)N2CCn3nc(-c4ccc(F)c(Cl)c4)c(C(N)=O)c3C2)CCC1. The minimum Gasteiger partial charge on any atom is -0.365 e. The lowest BCUT2D eigenvalue weighted by atomic mass is 9.78. The molecule has 2 aromatic rings. The Labute approximate surface area is 171 Å². The van der Waals surface area contributed by atoms with Crippen molar-refractivity contribution in [3.63, 3.8) is 0 Å². The van der Waals surface area contributed by atoms with E-state index >= 15 is 0 Å². The second kappa shape index (κ2) is 7.04. The number of carbonyl (C=O) groups excluding carboxylic acids is 2. The third-order valence-corrected chi connectivity index (χ3v) is 5.76. The van der Waals surface area contributed by atoms with Gasteiger partial charge in [0.2, 0.25) is 0 Å². The van der Waals surface area contributed by atoms with Gasteiger partial charge < -0.3 is 16.0 Å². The summed E-state index contributed by atoms with van der Waals surface area (Å²) in [5, 5.41) is 16.5. The molecule has 1 saturated carbocycles. The second-order valence-electron chi connectivity index (χ2n) is 7.29. The number of nitriles is 1. The summed E-state index contributed by atoms with van der Waals surface area (Å²) in [7, 11) is 0. The molecular weight excluding hydrogens is 399 g/mol. The standard InChI is InChI=1S/C19H18ClFN6O2/c20-12-8-11(2-3-13(12)21)16-15(17(23)28)14-9-26(6-7-27(14)25-16)18(29)24-19(10-22)4-1-5-19/h2-3,8H,1,4-7,9H2,(H2,23,28)(H,24,29). The average Bonchev–Trinajstić information content (AvgIpc) is 3.05. The Morgan fingerprint density at radius 1 is 1.34 bits per heavy atom. The molecule has 0 atom stereocenters. The number of amides is 3. The molecule has 0 radical (unpaired) electrons. The van der Waals surface area contributed by atoms with Crippen molar-refractivity contribution < 1.29 is 14.0 Å². The van der Waals surface area contributed by atoms with Crippen LogP contribution in [0.1, 0.15) is 35.3 Å². The number of benzene rings is 1. The summed E-state index contributed by atoms with van der Waals surface area (Å²) in [6.07, 6.45) is 2.15. The van der Waals surface area contributed by atoms with E-state index in [-0.39, 0.29) is 23.2 Å². The van der Waals surface area contributed by atoms with E-state index in [0.29, 0.717) is 42.9 Å². The number of aromatic nitrogens is 2. The first-order valence-electron chi connectivity index (χ1n) is 9.17. The van der Waals surface area contributed by atoms with Crippen molar-refractivity contribution in [2.24, 2.45) is 5.73 Å². The number of urea groups is 1. The summed E-state index contributed by atoms with van der Waals surface area (Å²) in [4.78, 5) is 26.4. The molecule has 1 aromatic carbocycles. The Morgan fingerprint density at radius 3 is 2.69 bits per heavy atom. The van der Waals surface area contributed by atoms with Gasteiger partial charge in [0, 0.05) is 12.1 Å². The van der Waals surface area contributed by atoms with Gasteiger partial charge in [0.1, 0.15) is 17.1 Å². The zero-order valence-electron chi connectivity index (χ0n) is 15.4. The number of fused-ring (bicyclic) bond motifs is 1. The Hall–Kier alpha value is -3.12. The van der Waals surface area contributed by atoms with Gasteiger partial charge >= 0.3 is 6.03 Å². The topological polar surface area (TPSA) is 117 Å². The molecule has 2 heterocycles. The Morgan fingerprint density at radius 2 is 2.10 bits per heavy atom. The largest absolute Gasteiger partial charge is 0.365 e. The van der Waals surface area contributed by atoms with Crippen LogP contribution >= 0.6 is 11.6 Å². The molecule has 3 N–H and O–H groups in total. The minimum absolute atomic E-state index is 0.0906. The summed E-state index contributed by atoms with van der Waals surface area (Å²) in [5.74, 6) is -1.28. The lowest BCUT2D eigenvalue weighted by Gasteiger charge is -2.38. The summed E-state index contributed by atoms with van der Waals surface area (Å²) in [6, 6.07) is 5.87. The van der Waals surface area contributed by atoms with Crippen LogP contribution in [0.3, 0.4) is 0 Å². The van der Waals surface area contributed by atoms with E-state index < -0.39 is 17.3 Å². The number of halogens is 2. The van der Waals surface area contributed by atoms with Crippen molar-refractivity contribution in [3.8, 4) is 17.3 Å². The third-order valence-electron chi connectivity index (χ3n) is 5.47. The number of nitrogens with zero attached hydrogens (tertiary/aromatic N) is 4. The maximum atomic E-state index is 13.5. The van der Waals surface area contributed by atoms with Crippen LogP contribution in [0.4, 0.5) is 9.18 Å². The fourth-order valence-corrected chi connectivity index (χ4v) is 3.85. The number of carbonyl (C=O) groups is 2. The summed E-state index contributed by atoms with van der Waals surface area (Å²) >= 11 is 5.87. The molecule has 1 fully saturated rings. The van der Waals surface area contributed by atoms with E-state index in [1.165, 1.54) is 23.1 Å². The number of hydrogen-bond acceptors (Lipinski definition) is 4. The van der Waals surface area contributed by atoms with Gasteiger partial charge in [-0.05, 0) is 37.5 Å². The third kappa shape index (κ3) is 3.29. The maximum absolute atomic E-state index is 13.5.